The number of nitrogens with one attached hydrogen (secondary N) is 2. The lowest BCUT2D eigenvalue weighted by Crippen LogP contribution is -2.31. The number of aromatic amines is 1. The lowest BCUT2D eigenvalue weighted by atomic mass is 9.79. The first kappa shape index (κ1) is 16.8. The number of H-pyrrole nitrogens is 1. The molecule has 9 heteroatoms. The van der Waals surface area contributed by atoms with E-state index in [4.69, 9.17) is 19.6 Å². The molecule has 3 aromatic rings. The molecule has 0 spiro atoms. The van der Waals surface area contributed by atoms with Gasteiger partial charge >= 0.3 is 0 Å². The molecule has 2 unspecified atom stereocenters. The summed E-state index contributed by atoms with van der Waals surface area (Å²) in [4.78, 5) is 4.16. The fraction of sp³-hybridized carbons (Fsp3) is 0.158. The van der Waals surface area contributed by atoms with Crippen molar-refractivity contribution in [1.82, 2.24) is 15.2 Å². The largest absolute Gasteiger partial charge is 0.454 e. The topological polar surface area (TPSA) is 117 Å². The normalized spacial score (nSPS) is 19.6. The van der Waals surface area contributed by atoms with E-state index in [0.29, 0.717) is 22.8 Å². The van der Waals surface area contributed by atoms with Crippen LogP contribution in [-0.4, -0.2) is 27.9 Å². The van der Waals surface area contributed by atoms with Crippen molar-refractivity contribution >= 4 is 21.8 Å². The van der Waals surface area contributed by atoms with Crippen LogP contribution in [0.5, 0.6) is 17.4 Å². The van der Waals surface area contributed by atoms with Crippen molar-refractivity contribution in [1.29, 1.82) is 10.7 Å². The molecular weight excluding hydrogens is 426 g/mol. The number of pyridine rings is 1. The highest BCUT2D eigenvalue weighted by Crippen LogP contribution is 2.49. The van der Waals surface area contributed by atoms with Crippen LogP contribution >= 0.6 is 15.9 Å². The number of nitriles is 1. The zero-order chi connectivity index (χ0) is 19.3. The Morgan fingerprint density at radius 3 is 2.86 bits per heavy atom. The van der Waals surface area contributed by atoms with Crippen LogP contribution in [0, 0.1) is 22.7 Å². The smallest absolute Gasteiger partial charge is 0.244 e. The molecule has 0 radical (unpaired) electrons. The average molecular weight is 438 g/mol. The van der Waals surface area contributed by atoms with E-state index >= 15 is 0 Å². The van der Waals surface area contributed by atoms with Gasteiger partial charge in [-0.25, -0.2) is 0 Å². The number of hydrogen-bond acceptors (Lipinski definition) is 7. The molecule has 4 heterocycles. The van der Waals surface area contributed by atoms with Gasteiger partial charge in [-0.3, -0.25) is 15.5 Å². The number of nitrogens with zero attached hydrogens (tertiary/aromatic N) is 3. The maximum Gasteiger partial charge on any atom is 0.244 e. The number of aromatic nitrogens is 3. The summed E-state index contributed by atoms with van der Waals surface area (Å²) in [5.74, 6) is 0.0575. The summed E-state index contributed by atoms with van der Waals surface area (Å²) in [6.45, 7) is 0.147. The molecule has 0 bridgehead atoms. The minimum Gasteiger partial charge on any atom is -0.454 e. The van der Waals surface area contributed by atoms with Crippen LogP contribution < -0.4 is 14.2 Å². The summed E-state index contributed by atoms with van der Waals surface area (Å²) in [7, 11) is 0. The number of halogens is 1. The van der Waals surface area contributed by atoms with E-state index in [-0.39, 0.29) is 18.6 Å². The molecule has 0 amide bonds. The number of ether oxygens (including phenoxy) is 3. The van der Waals surface area contributed by atoms with E-state index in [1.807, 2.05) is 24.3 Å². The monoisotopic (exact) mass is 437 g/mol. The fourth-order valence-corrected chi connectivity index (χ4v) is 4.13. The van der Waals surface area contributed by atoms with Gasteiger partial charge in [0.25, 0.3) is 0 Å². The predicted octanol–water partition coefficient (Wildman–Crippen LogP) is 3.60. The molecule has 2 aromatic heterocycles. The van der Waals surface area contributed by atoms with Crippen molar-refractivity contribution < 1.29 is 14.2 Å². The van der Waals surface area contributed by atoms with E-state index in [1.54, 1.807) is 12.4 Å². The number of fused-ring (bicyclic) bond motifs is 2. The fourth-order valence-electron chi connectivity index (χ4n) is 3.56. The molecule has 0 fully saturated rings. The first-order chi connectivity index (χ1) is 13.7. The molecule has 28 heavy (non-hydrogen) atoms. The minimum absolute atomic E-state index is 0.145. The molecule has 2 atom stereocenters. The Morgan fingerprint density at radius 2 is 2.11 bits per heavy atom. The standard InChI is InChI=1S/C19H12BrN5O3/c20-12-5-14-13(26-8-27-14)4-10(12)15-11(6-21)18(22)28-19-16(15)17(24-25-19)9-2-1-3-23-7-9/h1-5,7,11,15,22H,8H2,(H,24,25). The summed E-state index contributed by atoms with van der Waals surface area (Å²) >= 11 is 3.58. The van der Waals surface area contributed by atoms with E-state index < -0.39 is 11.8 Å². The van der Waals surface area contributed by atoms with Gasteiger partial charge in [-0.15, -0.1) is 5.10 Å². The Bertz CT molecular complexity index is 1140. The maximum absolute atomic E-state index is 9.82. The predicted molar refractivity (Wildman–Crippen MR) is 101 cm³/mol. The van der Waals surface area contributed by atoms with Gasteiger partial charge < -0.3 is 14.2 Å². The molecule has 138 valence electrons. The average Bonchev–Trinajstić information content (AvgIpc) is 3.33. The van der Waals surface area contributed by atoms with E-state index in [0.717, 1.165) is 15.6 Å². The Hall–Kier alpha value is -3.38. The summed E-state index contributed by atoms with van der Waals surface area (Å²) in [6.07, 6.45) is 3.39. The molecule has 1 aromatic carbocycles. The molecule has 2 N–H and O–H groups in total. The summed E-state index contributed by atoms with van der Waals surface area (Å²) in [5.41, 5.74) is 3.00. The van der Waals surface area contributed by atoms with Crippen molar-refractivity contribution in [3.05, 3.63) is 52.3 Å². The summed E-state index contributed by atoms with van der Waals surface area (Å²) < 4.78 is 17.3. The van der Waals surface area contributed by atoms with Crippen LogP contribution in [0.3, 0.4) is 0 Å². The van der Waals surface area contributed by atoms with Crippen molar-refractivity contribution in [3.63, 3.8) is 0 Å². The van der Waals surface area contributed by atoms with E-state index in [9.17, 15) is 5.26 Å². The molecule has 0 saturated carbocycles. The lowest BCUT2D eigenvalue weighted by molar-refractivity contribution is 0.174. The Labute approximate surface area is 167 Å². The maximum atomic E-state index is 9.82. The van der Waals surface area contributed by atoms with E-state index in [1.165, 1.54) is 0 Å². The van der Waals surface area contributed by atoms with Gasteiger partial charge in [0.2, 0.25) is 18.6 Å². The van der Waals surface area contributed by atoms with Gasteiger partial charge in [0, 0.05) is 28.3 Å². The van der Waals surface area contributed by atoms with Crippen LogP contribution in [-0.2, 0) is 0 Å². The van der Waals surface area contributed by atoms with Crippen LogP contribution in [0.4, 0.5) is 0 Å². The zero-order valence-electron chi connectivity index (χ0n) is 14.3. The molecule has 2 aliphatic heterocycles. The van der Waals surface area contributed by atoms with E-state index in [2.05, 4.69) is 37.2 Å². The first-order valence-electron chi connectivity index (χ1n) is 8.41. The van der Waals surface area contributed by atoms with Crippen LogP contribution in [0.15, 0.2) is 41.1 Å². The number of hydrogen-bond donors (Lipinski definition) is 2. The van der Waals surface area contributed by atoms with Gasteiger partial charge in [0.1, 0.15) is 5.92 Å². The Kier molecular flexibility index (Phi) is 3.80. The van der Waals surface area contributed by atoms with Gasteiger partial charge in [0.15, 0.2) is 11.5 Å². The molecule has 0 aliphatic carbocycles. The molecule has 0 saturated heterocycles. The highest BCUT2D eigenvalue weighted by Gasteiger charge is 2.42. The zero-order valence-corrected chi connectivity index (χ0v) is 15.9. The van der Waals surface area contributed by atoms with Crippen LogP contribution in [0.25, 0.3) is 11.3 Å². The number of rotatable bonds is 2. The molecule has 5 rings (SSSR count). The van der Waals surface area contributed by atoms with Crippen molar-refractivity contribution in [2.45, 2.75) is 5.92 Å². The van der Waals surface area contributed by atoms with Gasteiger partial charge in [-0.05, 0) is 29.8 Å². The summed E-state index contributed by atoms with van der Waals surface area (Å²) in [6, 6.07) is 9.58. The molecular formula is C19H12BrN5O3. The second-order valence-electron chi connectivity index (χ2n) is 6.34. The van der Waals surface area contributed by atoms with Crippen LogP contribution in [0.2, 0.25) is 0 Å². The lowest BCUT2D eigenvalue weighted by Gasteiger charge is -2.29. The summed E-state index contributed by atoms with van der Waals surface area (Å²) in [5, 5.41) is 25.2. The third-order valence-corrected chi connectivity index (χ3v) is 5.51. The second-order valence-corrected chi connectivity index (χ2v) is 7.19. The van der Waals surface area contributed by atoms with Crippen molar-refractivity contribution in [3.8, 4) is 34.7 Å². The quantitative estimate of drug-likeness (QED) is 0.632. The number of benzene rings is 1. The highest BCUT2D eigenvalue weighted by atomic mass is 79.9. The first-order valence-corrected chi connectivity index (χ1v) is 9.20. The highest BCUT2D eigenvalue weighted by molar-refractivity contribution is 9.10. The molecule has 8 nitrogen and oxygen atoms in total. The van der Waals surface area contributed by atoms with Gasteiger partial charge in [0.05, 0.1) is 17.3 Å². The Morgan fingerprint density at radius 1 is 1.29 bits per heavy atom. The van der Waals surface area contributed by atoms with Gasteiger partial charge in [-0.2, -0.15) is 5.26 Å². The van der Waals surface area contributed by atoms with Crippen LogP contribution in [0.1, 0.15) is 17.0 Å². The third kappa shape index (κ3) is 2.46. The SMILES string of the molecule is N#CC1C(=N)Oc2n[nH]c(-c3cccnc3)c2C1c1cc2c(cc1Br)OCO2. The Balaban J connectivity index is 1.75. The third-order valence-electron chi connectivity index (χ3n) is 4.82. The minimum atomic E-state index is -0.822. The van der Waals surface area contributed by atoms with Crippen molar-refractivity contribution in [2.75, 3.05) is 6.79 Å². The van der Waals surface area contributed by atoms with Crippen molar-refractivity contribution in [2.24, 2.45) is 5.92 Å². The second kappa shape index (κ2) is 6.35. The van der Waals surface area contributed by atoms with Gasteiger partial charge in [-0.1, -0.05) is 15.9 Å². The molecule has 2 aliphatic rings.